The van der Waals surface area contributed by atoms with Gasteiger partial charge in [-0.25, -0.2) is 9.18 Å². The van der Waals surface area contributed by atoms with Crippen LogP contribution in [0.15, 0.2) is 48.5 Å². The molecule has 1 aliphatic rings. The molecule has 1 aromatic heterocycles. The number of anilines is 1. The van der Waals surface area contributed by atoms with Crippen molar-refractivity contribution in [2.75, 3.05) is 12.4 Å². The normalized spacial score (nSPS) is 14.1. The van der Waals surface area contributed by atoms with E-state index < -0.39 is 6.67 Å². The van der Waals surface area contributed by atoms with Gasteiger partial charge in [-0.05, 0) is 74.2 Å². The van der Waals surface area contributed by atoms with Crippen LogP contribution in [0.5, 0.6) is 5.75 Å². The summed E-state index contributed by atoms with van der Waals surface area (Å²) in [4.78, 5) is 14.6. The number of thiophene rings is 1. The average molecular weight is 480 g/mol. The monoisotopic (exact) mass is 479 g/mol. The fraction of sp³-hybridized carbons (Fsp3) is 0.321. The van der Waals surface area contributed by atoms with E-state index in [4.69, 9.17) is 9.47 Å². The number of carbonyl (C=O) groups excluding carboxylic acids is 1. The van der Waals surface area contributed by atoms with Gasteiger partial charge in [0.1, 0.15) is 23.9 Å². The first-order valence-corrected chi connectivity index (χ1v) is 12.2. The third-order valence-corrected chi connectivity index (χ3v) is 7.22. The summed E-state index contributed by atoms with van der Waals surface area (Å²) in [6.45, 7) is 7.88. The van der Waals surface area contributed by atoms with Crippen molar-refractivity contribution < 1.29 is 18.7 Å². The summed E-state index contributed by atoms with van der Waals surface area (Å²) in [5, 5.41) is 3.56. The van der Waals surface area contributed by atoms with Crippen LogP contribution in [0.2, 0.25) is 0 Å². The van der Waals surface area contributed by atoms with E-state index in [9.17, 15) is 9.18 Å². The van der Waals surface area contributed by atoms with Crippen molar-refractivity contribution in [1.29, 1.82) is 0 Å². The number of aryl methyl sites for hydroxylation is 1. The number of methoxy groups -OCH3 is 1. The van der Waals surface area contributed by atoms with Gasteiger partial charge in [-0.15, -0.1) is 11.3 Å². The van der Waals surface area contributed by atoms with E-state index in [0.29, 0.717) is 16.2 Å². The van der Waals surface area contributed by atoms with Crippen molar-refractivity contribution in [2.24, 2.45) is 0 Å². The molecule has 0 saturated carbocycles. The Labute approximate surface area is 204 Å². The lowest BCUT2D eigenvalue weighted by Crippen LogP contribution is -2.32. The Kier molecular flexibility index (Phi) is 6.80. The minimum absolute atomic E-state index is 0.0903. The van der Waals surface area contributed by atoms with E-state index in [1.165, 1.54) is 11.3 Å². The van der Waals surface area contributed by atoms with Gasteiger partial charge in [-0.3, -0.25) is 0 Å². The predicted molar refractivity (Wildman–Crippen MR) is 137 cm³/mol. The van der Waals surface area contributed by atoms with Crippen LogP contribution >= 0.6 is 11.3 Å². The minimum atomic E-state index is -0.570. The zero-order chi connectivity index (χ0) is 24.5. The van der Waals surface area contributed by atoms with Gasteiger partial charge < -0.3 is 14.8 Å². The smallest absolute Gasteiger partial charge is 0.348 e. The third-order valence-electron chi connectivity index (χ3n) is 6.01. The summed E-state index contributed by atoms with van der Waals surface area (Å²) in [5.74, 6) is 0.296. The maximum absolute atomic E-state index is 13.5. The molecular formula is C28H30FNO3S. The van der Waals surface area contributed by atoms with Crippen molar-refractivity contribution >= 4 is 28.6 Å². The predicted octanol–water partition coefficient (Wildman–Crippen LogP) is 7.42. The molecule has 0 fully saturated rings. The zero-order valence-corrected chi connectivity index (χ0v) is 21.1. The molecule has 0 atom stereocenters. The first-order chi connectivity index (χ1) is 16.3. The molecule has 0 amide bonds. The number of hydrogen-bond acceptors (Lipinski definition) is 5. The Hall–Kier alpha value is -3.12. The molecule has 1 N–H and O–H groups in total. The van der Waals surface area contributed by atoms with Gasteiger partial charge in [0.25, 0.3) is 0 Å². The summed E-state index contributed by atoms with van der Waals surface area (Å²) in [7, 11) is 1.60. The number of ether oxygens (including phenoxy) is 2. The molecule has 4 rings (SSSR count). The van der Waals surface area contributed by atoms with Gasteiger partial charge in [-0.2, -0.15) is 0 Å². The molecule has 6 heteroatoms. The van der Waals surface area contributed by atoms with E-state index >= 15 is 0 Å². The molecule has 3 aromatic rings. The number of alkyl halides is 1. The van der Waals surface area contributed by atoms with E-state index in [1.807, 2.05) is 24.3 Å². The van der Waals surface area contributed by atoms with Crippen molar-refractivity contribution in [3.8, 4) is 16.9 Å². The number of hydrogen-bond donors (Lipinski definition) is 1. The molecule has 1 aliphatic heterocycles. The average Bonchev–Trinajstić information content (AvgIpc) is 3.30. The minimum Gasteiger partial charge on any atom is -0.496 e. The highest BCUT2D eigenvalue weighted by atomic mass is 32.1. The second-order valence-electron chi connectivity index (χ2n) is 9.05. The molecular weight excluding hydrogens is 449 g/mol. The standard InChI is InChI=1S/C28H30FNO3S/c1-6-19-8-12-25(34-19)27(31)33-16-22-20(21-13-18(15-29)7-11-24(21)32-5)9-10-23-26(22)17(2)14-28(3,4)30-23/h7-14,30H,6,15-16H2,1-5H3. The van der Waals surface area contributed by atoms with Crippen molar-refractivity contribution in [3.05, 3.63) is 75.0 Å². The van der Waals surface area contributed by atoms with Gasteiger partial charge in [-0.1, -0.05) is 25.1 Å². The molecule has 0 radical (unpaired) electrons. The van der Waals surface area contributed by atoms with Gasteiger partial charge in [0.2, 0.25) is 0 Å². The van der Waals surface area contributed by atoms with Crippen molar-refractivity contribution in [1.82, 2.24) is 0 Å². The fourth-order valence-corrected chi connectivity index (χ4v) is 5.38. The van der Waals surface area contributed by atoms with Crippen LogP contribution in [-0.4, -0.2) is 18.6 Å². The Bertz CT molecular complexity index is 1260. The van der Waals surface area contributed by atoms with Crippen LogP contribution in [0.1, 0.15) is 58.9 Å². The van der Waals surface area contributed by atoms with E-state index in [1.54, 1.807) is 25.3 Å². The topological polar surface area (TPSA) is 47.6 Å². The molecule has 34 heavy (non-hydrogen) atoms. The van der Waals surface area contributed by atoms with Crippen LogP contribution in [0.3, 0.4) is 0 Å². The van der Waals surface area contributed by atoms with Crippen LogP contribution < -0.4 is 10.1 Å². The lowest BCUT2D eigenvalue weighted by molar-refractivity contribution is 0.0479. The molecule has 4 nitrogen and oxygen atoms in total. The molecule has 0 aliphatic carbocycles. The lowest BCUT2D eigenvalue weighted by Gasteiger charge is -2.33. The van der Waals surface area contributed by atoms with E-state index in [2.05, 4.69) is 39.1 Å². The van der Waals surface area contributed by atoms with Crippen LogP contribution in [0, 0.1) is 0 Å². The molecule has 0 bridgehead atoms. The number of allylic oxidation sites excluding steroid dienone is 1. The maximum atomic E-state index is 13.5. The summed E-state index contributed by atoms with van der Waals surface area (Å²) in [6, 6.07) is 13.1. The molecule has 0 unspecified atom stereocenters. The number of esters is 1. The fourth-order valence-electron chi connectivity index (χ4n) is 4.54. The van der Waals surface area contributed by atoms with Gasteiger partial charge in [0.05, 0.1) is 12.6 Å². The Morgan fingerprint density at radius 1 is 1.12 bits per heavy atom. The molecule has 2 heterocycles. The number of rotatable bonds is 7. The summed E-state index contributed by atoms with van der Waals surface area (Å²) in [5.41, 5.74) is 5.92. The highest BCUT2D eigenvalue weighted by molar-refractivity contribution is 7.13. The summed E-state index contributed by atoms with van der Waals surface area (Å²) < 4.78 is 25.0. The first-order valence-electron chi connectivity index (χ1n) is 11.4. The number of halogens is 1. The molecule has 0 spiro atoms. The Balaban J connectivity index is 1.82. The first kappa shape index (κ1) is 24.0. The van der Waals surface area contributed by atoms with Gasteiger partial charge >= 0.3 is 5.97 Å². The molecule has 2 aromatic carbocycles. The third kappa shape index (κ3) is 4.73. The highest BCUT2D eigenvalue weighted by Crippen LogP contribution is 2.43. The van der Waals surface area contributed by atoms with Crippen molar-refractivity contribution in [2.45, 2.75) is 52.9 Å². The number of carbonyl (C=O) groups is 1. The summed E-state index contributed by atoms with van der Waals surface area (Å²) in [6.07, 6.45) is 3.05. The Morgan fingerprint density at radius 2 is 1.91 bits per heavy atom. The number of fused-ring (bicyclic) bond motifs is 1. The van der Waals surface area contributed by atoms with Crippen LogP contribution in [0.25, 0.3) is 16.7 Å². The number of benzene rings is 2. The lowest BCUT2D eigenvalue weighted by atomic mass is 9.85. The second kappa shape index (κ2) is 9.63. The zero-order valence-electron chi connectivity index (χ0n) is 20.3. The highest BCUT2D eigenvalue weighted by Gasteiger charge is 2.27. The largest absolute Gasteiger partial charge is 0.496 e. The van der Waals surface area contributed by atoms with Gasteiger partial charge in [0.15, 0.2) is 0 Å². The second-order valence-corrected chi connectivity index (χ2v) is 10.2. The summed E-state index contributed by atoms with van der Waals surface area (Å²) >= 11 is 1.46. The Morgan fingerprint density at radius 3 is 2.59 bits per heavy atom. The quantitative estimate of drug-likeness (QED) is 0.358. The molecule has 0 saturated heterocycles. The number of nitrogens with one attached hydrogen (secondary N) is 1. The maximum Gasteiger partial charge on any atom is 0.348 e. The van der Waals surface area contributed by atoms with Crippen LogP contribution in [-0.2, 0) is 24.4 Å². The van der Waals surface area contributed by atoms with Gasteiger partial charge in [0, 0.05) is 27.3 Å². The van der Waals surface area contributed by atoms with E-state index in [-0.39, 0.29) is 18.1 Å². The van der Waals surface area contributed by atoms with E-state index in [0.717, 1.165) is 44.8 Å². The SMILES string of the molecule is CCc1ccc(C(=O)OCc2c(-c3cc(CF)ccc3OC)ccc3c2C(C)=CC(C)(C)N3)s1. The van der Waals surface area contributed by atoms with Crippen molar-refractivity contribution in [3.63, 3.8) is 0 Å². The van der Waals surface area contributed by atoms with Crippen LogP contribution in [0.4, 0.5) is 10.1 Å². The molecule has 178 valence electrons.